The number of aryl methyl sites for hydroxylation is 2. The Morgan fingerprint density at radius 3 is 2.50 bits per heavy atom. The summed E-state index contributed by atoms with van der Waals surface area (Å²) in [5.41, 5.74) is 2.09. The Bertz CT molecular complexity index is 1210. The molecule has 0 atom stereocenters. The van der Waals surface area contributed by atoms with E-state index in [1.165, 1.54) is 4.40 Å². The summed E-state index contributed by atoms with van der Waals surface area (Å²) < 4.78 is 3.26. The molecule has 0 bridgehead atoms. The number of hydrogen-bond donors (Lipinski definition) is 2. The van der Waals surface area contributed by atoms with Crippen LogP contribution in [-0.4, -0.2) is 26.4 Å². The highest BCUT2D eigenvalue weighted by atomic mass is 16.1. The van der Waals surface area contributed by atoms with Gasteiger partial charge in [-0.1, -0.05) is 58.4 Å². The molecule has 0 aromatic carbocycles. The van der Waals surface area contributed by atoms with Crippen LogP contribution in [-0.2, 0) is 6.54 Å². The quantitative estimate of drug-likeness (QED) is 0.345. The third-order valence-electron chi connectivity index (χ3n) is 5.93. The molecule has 0 aliphatic heterocycles. The summed E-state index contributed by atoms with van der Waals surface area (Å²) in [7, 11) is 0. The molecule has 3 aromatic heterocycles. The van der Waals surface area contributed by atoms with Gasteiger partial charge in [0, 0.05) is 19.3 Å². The van der Waals surface area contributed by atoms with Gasteiger partial charge in [0.1, 0.15) is 16.8 Å². The summed E-state index contributed by atoms with van der Waals surface area (Å²) in [6.07, 6.45) is 10.1. The number of aromatic nitrogens is 3. The average molecular weight is 438 g/mol. The maximum absolute atomic E-state index is 13.3. The van der Waals surface area contributed by atoms with Gasteiger partial charge >= 0.3 is 0 Å². The molecule has 32 heavy (non-hydrogen) atoms. The highest BCUT2D eigenvalue weighted by Crippen LogP contribution is 2.14. The highest BCUT2D eigenvalue weighted by Gasteiger charge is 2.17. The van der Waals surface area contributed by atoms with E-state index in [1.54, 1.807) is 16.8 Å². The van der Waals surface area contributed by atoms with Crippen LogP contribution in [0.3, 0.4) is 0 Å². The summed E-state index contributed by atoms with van der Waals surface area (Å²) >= 11 is 0. The first-order chi connectivity index (χ1) is 15.5. The average Bonchev–Trinajstić information content (AvgIpc) is 2.78. The molecule has 0 unspecified atom stereocenters. The van der Waals surface area contributed by atoms with E-state index >= 15 is 0 Å². The molecule has 0 saturated carbocycles. The molecule has 3 heterocycles. The Kier molecular flexibility index (Phi) is 8.20. The zero-order chi connectivity index (χ0) is 23.1. The van der Waals surface area contributed by atoms with Crippen LogP contribution in [0.5, 0.6) is 0 Å². The van der Waals surface area contributed by atoms with Crippen molar-refractivity contribution in [2.24, 2.45) is 0 Å². The van der Waals surface area contributed by atoms with E-state index in [-0.39, 0.29) is 22.5 Å². The zero-order valence-corrected chi connectivity index (χ0v) is 19.5. The van der Waals surface area contributed by atoms with Crippen LogP contribution < -0.4 is 16.4 Å². The molecular weight excluding hydrogens is 402 g/mol. The van der Waals surface area contributed by atoms with Crippen molar-refractivity contribution in [1.29, 1.82) is 5.41 Å². The zero-order valence-electron chi connectivity index (χ0n) is 19.5. The van der Waals surface area contributed by atoms with Crippen molar-refractivity contribution in [3.63, 3.8) is 0 Å². The minimum atomic E-state index is -0.301. The van der Waals surface area contributed by atoms with E-state index in [4.69, 9.17) is 10.4 Å². The number of fused-ring (bicyclic) bond motifs is 2. The van der Waals surface area contributed by atoms with E-state index in [2.05, 4.69) is 19.2 Å². The Hall–Kier alpha value is -2.96. The minimum Gasteiger partial charge on any atom is -0.352 e. The van der Waals surface area contributed by atoms with Crippen LogP contribution in [0.4, 0.5) is 0 Å². The number of unbranched alkanes of at least 4 members (excludes halogenated alkanes) is 6. The van der Waals surface area contributed by atoms with Gasteiger partial charge < -0.3 is 9.88 Å². The topological polar surface area (TPSA) is 92.2 Å². The van der Waals surface area contributed by atoms with Crippen molar-refractivity contribution < 1.29 is 4.79 Å². The monoisotopic (exact) mass is 437 g/mol. The molecule has 7 nitrogen and oxygen atoms in total. The number of nitrogens with zero attached hydrogens (tertiary/aromatic N) is 3. The van der Waals surface area contributed by atoms with Crippen LogP contribution in [0.25, 0.3) is 16.7 Å². The van der Waals surface area contributed by atoms with E-state index in [0.717, 1.165) is 56.9 Å². The molecule has 0 aliphatic carbocycles. The lowest BCUT2D eigenvalue weighted by molar-refractivity contribution is 0.0950. The number of rotatable bonds is 11. The van der Waals surface area contributed by atoms with Gasteiger partial charge in [0.25, 0.3) is 11.5 Å². The van der Waals surface area contributed by atoms with Crippen LogP contribution in [0.15, 0.2) is 29.2 Å². The smallest absolute Gasteiger partial charge is 0.267 e. The molecule has 0 fully saturated rings. The van der Waals surface area contributed by atoms with Gasteiger partial charge in [-0.15, -0.1) is 0 Å². The van der Waals surface area contributed by atoms with E-state index in [0.29, 0.717) is 29.8 Å². The van der Waals surface area contributed by atoms with Crippen molar-refractivity contribution >= 4 is 22.6 Å². The second-order valence-electron chi connectivity index (χ2n) is 8.47. The van der Waals surface area contributed by atoms with Crippen molar-refractivity contribution in [1.82, 2.24) is 19.3 Å². The van der Waals surface area contributed by atoms with Gasteiger partial charge in [-0.2, -0.15) is 0 Å². The second kappa shape index (κ2) is 11.1. The molecule has 3 aromatic rings. The minimum absolute atomic E-state index is 0.116. The SMILES string of the molecule is CCCCCCNC(=O)c1cc2c(=O)n3cccc(C)c3nc2n(CCCCCC)c1=N. The Balaban J connectivity index is 2.08. The maximum Gasteiger partial charge on any atom is 0.267 e. The van der Waals surface area contributed by atoms with E-state index < -0.39 is 0 Å². The third-order valence-corrected chi connectivity index (χ3v) is 5.93. The first kappa shape index (κ1) is 23.7. The molecule has 0 radical (unpaired) electrons. The fourth-order valence-corrected chi connectivity index (χ4v) is 4.03. The van der Waals surface area contributed by atoms with Crippen molar-refractivity contribution in [3.8, 4) is 0 Å². The molecule has 0 saturated heterocycles. The lowest BCUT2D eigenvalue weighted by Gasteiger charge is -2.15. The normalized spacial score (nSPS) is 11.3. The van der Waals surface area contributed by atoms with Gasteiger partial charge in [-0.25, -0.2) is 4.98 Å². The van der Waals surface area contributed by atoms with E-state index in [9.17, 15) is 9.59 Å². The van der Waals surface area contributed by atoms with Crippen LogP contribution in [0, 0.1) is 12.3 Å². The molecule has 172 valence electrons. The Morgan fingerprint density at radius 1 is 1.06 bits per heavy atom. The number of carbonyl (C=O) groups excluding carboxylic acids is 1. The molecule has 0 aliphatic rings. The molecule has 2 N–H and O–H groups in total. The van der Waals surface area contributed by atoms with Gasteiger partial charge in [0.05, 0.1) is 10.9 Å². The van der Waals surface area contributed by atoms with E-state index in [1.807, 2.05) is 19.1 Å². The van der Waals surface area contributed by atoms with Crippen molar-refractivity contribution in [3.05, 3.63) is 51.4 Å². The Morgan fingerprint density at radius 2 is 1.78 bits per heavy atom. The largest absolute Gasteiger partial charge is 0.352 e. The fourth-order valence-electron chi connectivity index (χ4n) is 4.03. The highest BCUT2D eigenvalue weighted by molar-refractivity contribution is 5.96. The number of carbonyl (C=O) groups is 1. The van der Waals surface area contributed by atoms with Gasteiger partial charge in [-0.3, -0.25) is 19.4 Å². The van der Waals surface area contributed by atoms with Crippen LogP contribution >= 0.6 is 0 Å². The molecular formula is C25H35N5O2. The number of pyridine rings is 2. The fraction of sp³-hybridized carbons (Fsp3) is 0.520. The first-order valence-electron chi connectivity index (χ1n) is 11.9. The van der Waals surface area contributed by atoms with Crippen LogP contribution in [0.1, 0.15) is 81.1 Å². The summed E-state index contributed by atoms with van der Waals surface area (Å²) in [5.74, 6) is -0.301. The van der Waals surface area contributed by atoms with Crippen molar-refractivity contribution in [2.75, 3.05) is 6.54 Å². The van der Waals surface area contributed by atoms with Gasteiger partial charge in [0.15, 0.2) is 0 Å². The predicted molar refractivity (Wildman–Crippen MR) is 128 cm³/mol. The summed E-state index contributed by atoms with van der Waals surface area (Å²) in [5, 5.41) is 12.1. The number of hydrogen-bond acceptors (Lipinski definition) is 4. The first-order valence-corrected chi connectivity index (χ1v) is 11.9. The van der Waals surface area contributed by atoms with Crippen LogP contribution in [0.2, 0.25) is 0 Å². The summed E-state index contributed by atoms with van der Waals surface area (Å²) in [4.78, 5) is 31.0. The molecule has 0 spiro atoms. The van der Waals surface area contributed by atoms with Crippen molar-refractivity contribution in [2.45, 2.75) is 78.7 Å². The number of amides is 1. The predicted octanol–water partition coefficient (Wildman–Crippen LogP) is 4.33. The molecule has 1 amide bonds. The lowest BCUT2D eigenvalue weighted by atomic mass is 10.1. The molecule has 3 rings (SSSR count). The summed E-state index contributed by atoms with van der Waals surface area (Å²) in [6.45, 7) is 7.35. The number of nitrogens with one attached hydrogen (secondary N) is 2. The standard InChI is InChI=1S/C25H35N5O2/c1-4-6-8-10-14-27-24(31)19-17-20-23(29(21(19)26)15-11-9-7-5-2)28-22-18(3)13-12-16-30(22)25(20)32/h12-13,16-17,26H,4-11,14-15H2,1-3H3,(H,27,31). The maximum atomic E-state index is 13.3. The summed E-state index contributed by atoms with van der Waals surface area (Å²) in [6, 6.07) is 5.28. The van der Waals surface area contributed by atoms with Gasteiger partial charge in [0.2, 0.25) is 0 Å². The lowest BCUT2D eigenvalue weighted by Crippen LogP contribution is -2.35. The third kappa shape index (κ3) is 5.09. The second-order valence-corrected chi connectivity index (χ2v) is 8.47. The van der Waals surface area contributed by atoms with Gasteiger partial charge in [-0.05, 0) is 37.5 Å². The molecule has 7 heteroatoms. The Labute approximate surface area is 189 Å².